The van der Waals surface area contributed by atoms with E-state index in [9.17, 15) is 4.79 Å². The Morgan fingerprint density at radius 2 is 2.05 bits per heavy atom. The third-order valence-electron chi connectivity index (χ3n) is 3.10. The molecule has 0 fully saturated rings. The minimum atomic E-state index is 0.657. The summed E-state index contributed by atoms with van der Waals surface area (Å²) in [7, 11) is 0. The number of nitrogens with zero attached hydrogens (tertiary/aromatic N) is 2. The van der Waals surface area contributed by atoms with Crippen LogP contribution >= 0.6 is 22.6 Å². The zero-order chi connectivity index (χ0) is 13.7. The van der Waals surface area contributed by atoms with Crippen LogP contribution in [0.4, 0.5) is 0 Å². The quantitative estimate of drug-likeness (QED) is 0.576. The topological polar surface area (TPSA) is 34.9 Å². The number of benzene rings is 1. The molecule has 1 heterocycles. The number of hydrogen-bond acceptors (Lipinski definition) is 2. The van der Waals surface area contributed by atoms with Crippen molar-refractivity contribution in [1.29, 1.82) is 0 Å². The van der Waals surface area contributed by atoms with Crippen LogP contribution in [0, 0.1) is 3.57 Å². The molecule has 0 atom stereocenters. The number of hydrogen-bond donors (Lipinski definition) is 0. The highest BCUT2D eigenvalue weighted by molar-refractivity contribution is 14.1. The molecule has 1 aromatic heterocycles. The van der Waals surface area contributed by atoms with E-state index in [4.69, 9.17) is 0 Å². The van der Waals surface area contributed by atoms with Crippen LogP contribution < -0.4 is 0 Å². The number of aldehydes is 1. The minimum Gasteiger partial charge on any atom is -0.321 e. The van der Waals surface area contributed by atoms with Gasteiger partial charge in [0, 0.05) is 16.5 Å². The molecule has 1 aromatic carbocycles. The zero-order valence-electron chi connectivity index (χ0n) is 11.0. The molecular formula is C15H17IN2O. The number of unbranched alkanes of at least 4 members (excludes halogenated alkanes) is 1. The lowest BCUT2D eigenvalue weighted by Crippen LogP contribution is -2.08. The third-order valence-corrected chi connectivity index (χ3v) is 3.82. The predicted molar refractivity (Wildman–Crippen MR) is 84.5 cm³/mol. The second kappa shape index (κ2) is 6.84. The Balaban J connectivity index is 2.23. The fourth-order valence-corrected chi connectivity index (χ4v) is 2.37. The van der Waals surface area contributed by atoms with Crippen LogP contribution in [0.25, 0.3) is 0 Å². The van der Waals surface area contributed by atoms with E-state index in [2.05, 4.69) is 58.8 Å². The maximum absolute atomic E-state index is 11.1. The van der Waals surface area contributed by atoms with Crippen molar-refractivity contribution in [3.05, 3.63) is 51.1 Å². The molecule has 2 aromatic rings. The van der Waals surface area contributed by atoms with Crippen LogP contribution in [0.1, 0.15) is 41.6 Å². The smallest absolute Gasteiger partial charge is 0.168 e. The Bertz CT molecular complexity index is 546. The van der Waals surface area contributed by atoms with Crippen LogP contribution in [-0.2, 0) is 13.0 Å². The van der Waals surface area contributed by atoms with Gasteiger partial charge >= 0.3 is 0 Å². The lowest BCUT2D eigenvalue weighted by atomic mass is 10.2. The summed E-state index contributed by atoms with van der Waals surface area (Å²) in [5.74, 6) is 1.00. The summed E-state index contributed by atoms with van der Waals surface area (Å²) in [5, 5.41) is 0. The lowest BCUT2D eigenvalue weighted by molar-refractivity contribution is 0.111. The van der Waals surface area contributed by atoms with Crippen molar-refractivity contribution in [1.82, 2.24) is 9.55 Å². The van der Waals surface area contributed by atoms with Crippen LogP contribution in [0.15, 0.2) is 30.5 Å². The van der Waals surface area contributed by atoms with Gasteiger partial charge in [-0.1, -0.05) is 25.5 Å². The van der Waals surface area contributed by atoms with Gasteiger partial charge in [-0.3, -0.25) is 4.79 Å². The highest BCUT2D eigenvalue weighted by atomic mass is 127. The number of aryl methyl sites for hydroxylation is 1. The monoisotopic (exact) mass is 368 g/mol. The van der Waals surface area contributed by atoms with Gasteiger partial charge in [0.2, 0.25) is 0 Å². The summed E-state index contributed by atoms with van der Waals surface area (Å²) < 4.78 is 3.24. The highest BCUT2D eigenvalue weighted by Crippen LogP contribution is 2.13. The fraction of sp³-hybridized carbons (Fsp3) is 0.333. The maximum atomic E-state index is 11.1. The first-order valence-corrected chi connectivity index (χ1v) is 7.56. The van der Waals surface area contributed by atoms with Gasteiger partial charge in [0.05, 0.1) is 6.20 Å². The van der Waals surface area contributed by atoms with Crippen LogP contribution in [0.3, 0.4) is 0 Å². The molecule has 0 spiro atoms. The Labute approximate surface area is 127 Å². The van der Waals surface area contributed by atoms with Crippen LogP contribution in [-0.4, -0.2) is 15.8 Å². The SMILES string of the molecule is CCCCc1ncc(C=O)n1Cc1ccc(I)cc1. The Kier molecular flexibility index (Phi) is 5.13. The van der Waals surface area contributed by atoms with Gasteiger partial charge in [-0.15, -0.1) is 0 Å². The Morgan fingerprint density at radius 3 is 2.68 bits per heavy atom. The molecule has 0 saturated heterocycles. The average Bonchev–Trinajstić information content (AvgIpc) is 2.81. The number of carbonyl (C=O) groups excluding carboxylic acids is 1. The summed E-state index contributed by atoms with van der Waals surface area (Å²) in [4.78, 5) is 15.5. The molecule has 0 radical (unpaired) electrons. The first-order chi connectivity index (χ1) is 9.24. The van der Waals surface area contributed by atoms with Crippen molar-refractivity contribution in [3.63, 3.8) is 0 Å². The average molecular weight is 368 g/mol. The second-order valence-corrected chi connectivity index (χ2v) is 5.78. The van der Waals surface area contributed by atoms with Gasteiger partial charge in [0.15, 0.2) is 6.29 Å². The molecule has 0 N–H and O–H groups in total. The van der Waals surface area contributed by atoms with Gasteiger partial charge in [-0.25, -0.2) is 4.98 Å². The van der Waals surface area contributed by atoms with E-state index < -0.39 is 0 Å². The molecule has 0 bridgehead atoms. The normalized spacial score (nSPS) is 10.6. The number of halogens is 1. The summed E-state index contributed by atoms with van der Waals surface area (Å²) in [6, 6.07) is 8.36. The summed E-state index contributed by atoms with van der Waals surface area (Å²) in [6.45, 7) is 2.87. The van der Waals surface area contributed by atoms with Gasteiger partial charge in [-0.2, -0.15) is 0 Å². The molecule has 0 saturated carbocycles. The van der Waals surface area contributed by atoms with E-state index in [1.54, 1.807) is 6.20 Å². The molecule has 0 amide bonds. The molecule has 0 aliphatic rings. The molecular weight excluding hydrogens is 351 g/mol. The van der Waals surface area contributed by atoms with Crippen molar-refractivity contribution in [2.45, 2.75) is 32.7 Å². The fourth-order valence-electron chi connectivity index (χ4n) is 2.01. The van der Waals surface area contributed by atoms with E-state index in [1.165, 1.54) is 9.13 Å². The summed E-state index contributed by atoms with van der Waals surface area (Å²) in [5.41, 5.74) is 1.85. The van der Waals surface area contributed by atoms with Gasteiger partial charge < -0.3 is 4.57 Å². The van der Waals surface area contributed by atoms with Crippen molar-refractivity contribution in [3.8, 4) is 0 Å². The van der Waals surface area contributed by atoms with Crippen molar-refractivity contribution >= 4 is 28.9 Å². The van der Waals surface area contributed by atoms with Gasteiger partial charge in [0.1, 0.15) is 11.5 Å². The molecule has 3 nitrogen and oxygen atoms in total. The molecule has 4 heteroatoms. The Morgan fingerprint density at radius 1 is 1.32 bits per heavy atom. The standard InChI is InChI=1S/C15H17IN2O/c1-2-3-4-15-17-9-14(11-19)18(15)10-12-5-7-13(16)8-6-12/h5-9,11H,2-4,10H2,1H3. The van der Waals surface area contributed by atoms with Crippen molar-refractivity contribution in [2.24, 2.45) is 0 Å². The highest BCUT2D eigenvalue weighted by Gasteiger charge is 2.09. The maximum Gasteiger partial charge on any atom is 0.168 e. The van der Waals surface area contributed by atoms with Crippen LogP contribution in [0.5, 0.6) is 0 Å². The first kappa shape index (κ1) is 14.2. The zero-order valence-corrected chi connectivity index (χ0v) is 13.1. The van der Waals surface area contributed by atoms with E-state index in [0.29, 0.717) is 12.2 Å². The largest absolute Gasteiger partial charge is 0.321 e. The van der Waals surface area contributed by atoms with E-state index >= 15 is 0 Å². The van der Waals surface area contributed by atoms with Crippen LogP contribution in [0.2, 0.25) is 0 Å². The summed E-state index contributed by atoms with van der Waals surface area (Å²) in [6.07, 6.45) is 5.71. The molecule has 19 heavy (non-hydrogen) atoms. The minimum absolute atomic E-state index is 0.657. The second-order valence-electron chi connectivity index (χ2n) is 4.53. The third kappa shape index (κ3) is 3.65. The van der Waals surface area contributed by atoms with E-state index in [0.717, 1.165) is 31.4 Å². The van der Waals surface area contributed by atoms with Crippen molar-refractivity contribution in [2.75, 3.05) is 0 Å². The van der Waals surface area contributed by atoms with Crippen molar-refractivity contribution < 1.29 is 4.79 Å². The van der Waals surface area contributed by atoms with Gasteiger partial charge in [0.25, 0.3) is 0 Å². The molecule has 0 aliphatic heterocycles. The number of rotatable bonds is 6. The lowest BCUT2D eigenvalue weighted by Gasteiger charge is -2.09. The van der Waals surface area contributed by atoms with E-state index in [1.807, 2.05) is 4.57 Å². The number of imidazole rings is 1. The van der Waals surface area contributed by atoms with E-state index in [-0.39, 0.29) is 0 Å². The molecule has 0 aliphatic carbocycles. The van der Waals surface area contributed by atoms with Gasteiger partial charge in [-0.05, 0) is 46.7 Å². The Hall–Kier alpha value is -1.17. The summed E-state index contributed by atoms with van der Waals surface area (Å²) >= 11 is 2.29. The molecule has 100 valence electrons. The molecule has 0 unspecified atom stereocenters. The first-order valence-electron chi connectivity index (χ1n) is 6.48. The number of carbonyl (C=O) groups is 1. The molecule has 2 rings (SSSR count). The number of aromatic nitrogens is 2. The predicted octanol–water partition coefficient (Wildman–Crippen LogP) is 3.69.